The molecule has 0 amide bonds. The molecule has 5 rings (SSSR count). The SMILES string of the molecule is C[C@@H]1CCc2nc3sc4c(c3c(-c3ccc(Cl)cc3)c2C1)CCC4. The second-order valence-electron chi connectivity index (χ2n) is 7.30. The van der Waals surface area contributed by atoms with Crippen LogP contribution in [0.1, 0.15) is 41.5 Å². The third-order valence-electron chi connectivity index (χ3n) is 5.60. The number of nitrogens with zero attached hydrogens (tertiary/aromatic N) is 1. The predicted octanol–water partition coefficient (Wildman–Crippen LogP) is 6.23. The van der Waals surface area contributed by atoms with Crippen molar-refractivity contribution in [3.05, 3.63) is 51.0 Å². The molecule has 0 aliphatic heterocycles. The van der Waals surface area contributed by atoms with E-state index in [9.17, 15) is 0 Å². The number of thiophene rings is 1. The van der Waals surface area contributed by atoms with Gasteiger partial charge in [0.05, 0.1) is 0 Å². The van der Waals surface area contributed by atoms with E-state index >= 15 is 0 Å². The Labute approximate surface area is 151 Å². The summed E-state index contributed by atoms with van der Waals surface area (Å²) in [5.74, 6) is 0.745. The fourth-order valence-corrected chi connectivity index (χ4v) is 5.82. The van der Waals surface area contributed by atoms with Gasteiger partial charge in [0.1, 0.15) is 4.83 Å². The summed E-state index contributed by atoms with van der Waals surface area (Å²) in [6, 6.07) is 8.42. The minimum atomic E-state index is 0.745. The highest BCUT2D eigenvalue weighted by Crippen LogP contribution is 2.45. The first-order chi connectivity index (χ1) is 11.7. The number of pyridine rings is 1. The van der Waals surface area contributed by atoms with E-state index in [2.05, 4.69) is 19.1 Å². The van der Waals surface area contributed by atoms with Crippen LogP contribution in [0.5, 0.6) is 0 Å². The maximum absolute atomic E-state index is 6.15. The summed E-state index contributed by atoms with van der Waals surface area (Å²) in [4.78, 5) is 7.94. The van der Waals surface area contributed by atoms with Gasteiger partial charge in [-0.05, 0) is 78.8 Å². The van der Waals surface area contributed by atoms with Gasteiger partial charge in [0.25, 0.3) is 0 Å². The molecular formula is C21H20ClNS. The fourth-order valence-electron chi connectivity index (χ4n) is 4.41. The zero-order valence-corrected chi connectivity index (χ0v) is 15.4. The van der Waals surface area contributed by atoms with Gasteiger partial charge in [0, 0.05) is 21.0 Å². The molecule has 2 aliphatic rings. The number of benzene rings is 1. The number of hydrogen-bond donors (Lipinski definition) is 0. The molecule has 0 saturated carbocycles. The molecule has 0 fully saturated rings. The lowest BCUT2D eigenvalue weighted by atomic mass is 9.82. The van der Waals surface area contributed by atoms with Crippen molar-refractivity contribution in [2.24, 2.45) is 5.92 Å². The lowest BCUT2D eigenvalue weighted by Gasteiger charge is -2.24. The van der Waals surface area contributed by atoms with E-state index in [4.69, 9.17) is 16.6 Å². The fraction of sp³-hybridized carbons (Fsp3) is 0.381. The lowest BCUT2D eigenvalue weighted by molar-refractivity contribution is 0.496. The second kappa shape index (κ2) is 5.57. The Morgan fingerprint density at radius 1 is 1.08 bits per heavy atom. The van der Waals surface area contributed by atoms with Gasteiger partial charge in [-0.15, -0.1) is 11.3 Å². The molecule has 0 N–H and O–H groups in total. The average Bonchev–Trinajstić information content (AvgIpc) is 3.15. The van der Waals surface area contributed by atoms with Crippen molar-refractivity contribution in [2.75, 3.05) is 0 Å². The molecule has 1 atom stereocenters. The first-order valence-electron chi connectivity index (χ1n) is 8.92. The molecule has 2 aliphatic carbocycles. The molecule has 0 spiro atoms. The summed E-state index contributed by atoms with van der Waals surface area (Å²) in [5.41, 5.74) is 7.18. The van der Waals surface area contributed by atoms with Gasteiger partial charge in [-0.3, -0.25) is 0 Å². The minimum absolute atomic E-state index is 0.745. The van der Waals surface area contributed by atoms with Crippen LogP contribution in [0.25, 0.3) is 21.3 Å². The second-order valence-corrected chi connectivity index (χ2v) is 8.82. The van der Waals surface area contributed by atoms with Crippen LogP contribution in [0, 0.1) is 5.92 Å². The van der Waals surface area contributed by atoms with Crippen molar-refractivity contribution in [1.82, 2.24) is 4.98 Å². The minimum Gasteiger partial charge on any atom is -0.242 e. The van der Waals surface area contributed by atoms with Gasteiger partial charge in [0.15, 0.2) is 0 Å². The van der Waals surface area contributed by atoms with E-state index in [-0.39, 0.29) is 0 Å². The van der Waals surface area contributed by atoms with Crippen molar-refractivity contribution in [2.45, 2.75) is 45.4 Å². The molecule has 2 aromatic heterocycles. The normalized spacial score (nSPS) is 19.5. The predicted molar refractivity (Wildman–Crippen MR) is 103 cm³/mol. The molecule has 2 heterocycles. The van der Waals surface area contributed by atoms with Gasteiger partial charge in [-0.1, -0.05) is 30.7 Å². The van der Waals surface area contributed by atoms with Gasteiger partial charge in [0.2, 0.25) is 0 Å². The number of rotatable bonds is 1. The zero-order valence-electron chi connectivity index (χ0n) is 13.9. The van der Waals surface area contributed by atoms with Gasteiger partial charge in [-0.2, -0.15) is 0 Å². The molecule has 1 nitrogen and oxygen atoms in total. The number of aromatic nitrogens is 1. The zero-order chi connectivity index (χ0) is 16.3. The van der Waals surface area contributed by atoms with Crippen molar-refractivity contribution in [3.63, 3.8) is 0 Å². The van der Waals surface area contributed by atoms with Crippen molar-refractivity contribution < 1.29 is 0 Å². The highest BCUT2D eigenvalue weighted by molar-refractivity contribution is 7.19. The molecule has 122 valence electrons. The molecule has 0 bridgehead atoms. The topological polar surface area (TPSA) is 12.9 Å². The third kappa shape index (κ3) is 2.23. The molecule has 0 saturated heterocycles. The summed E-state index contributed by atoms with van der Waals surface area (Å²) >= 11 is 8.08. The van der Waals surface area contributed by atoms with E-state index < -0.39 is 0 Å². The molecular weight excluding hydrogens is 334 g/mol. The van der Waals surface area contributed by atoms with Crippen LogP contribution in [-0.2, 0) is 25.7 Å². The van der Waals surface area contributed by atoms with E-state index in [1.54, 1.807) is 10.4 Å². The van der Waals surface area contributed by atoms with Crippen LogP contribution in [0.4, 0.5) is 0 Å². The van der Waals surface area contributed by atoms with Gasteiger partial charge >= 0.3 is 0 Å². The van der Waals surface area contributed by atoms with Crippen molar-refractivity contribution >= 4 is 33.2 Å². The Balaban J connectivity index is 1.87. The van der Waals surface area contributed by atoms with Crippen molar-refractivity contribution in [3.8, 4) is 11.1 Å². The lowest BCUT2D eigenvalue weighted by Crippen LogP contribution is -2.14. The Kier molecular flexibility index (Phi) is 3.46. The van der Waals surface area contributed by atoms with Crippen molar-refractivity contribution in [1.29, 1.82) is 0 Å². The average molecular weight is 354 g/mol. The summed E-state index contributed by atoms with van der Waals surface area (Å²) in [7, 11) is 0. The molecule has 24 heavy (non-hydrogen) atoms. The number of fused-ring (bicyclic) bond motifs is 4. The van der Waals surface area contributed by atoms with E-state index in [1.807, 2.05) is 23.5 Å². The highest BCUT2D eigenvalue weighted by atomic mass is 35.5. The third-order valence-corrected chi connectivity index (χ3v) is 7.04. The first-order valence-corrected chi connectivity index (χ1v) is 10.1. The summed E-state index contributed by atoms with van der Waals surface area (Å²) < 4.78 is 0. The maximum atomic E-state index is 6.15. The van der Waals surface area contributed by atoms with Crippen LogP contribution in [0.15, 0.2) is 24.3 Å². The van der Waals surface area contributed by atoms with Crippen LogP contribution in [-0.4, -0.2) is 4.98 Å². The quantitative estimate of drug-likeness (QED) is 0.505. The maximum Gasteiger partial charge on any atom is 0.124 e. The number of halogens is 1. The summed E-state index contributed by atoms with van der Waals surface area (Å²) in [5, 5.41) is 2.25. The van der Waals surface area contributed by atoms with Crippen LogP contribution in [0.2, 0.25) is 5.02 Å². The molecule has 0 radical (unpaired) electrons. The van der Waals surface area contributed by atoms with Crippen LogP contribution >= 0.6 is 22.9 Å². The summed E-state index contributed by atoms with van der Waals surface area (Å²) in [6.45, 7) is 2.37. The van der Waals surface area contributed by atoms with Crippen LogP contribution < -0.4 is 0 Å². The van der Waals surface area contributed by atoms with E-state index in [0.29, 0.717) is 0 Å². The Hall–Kier alpha value is -1.38. The Morgan fingerprint density at radius 2 is 1.92 bits per heavy atom. The standard InChI is InChI=1S/C21H20ClNS/c1-12-5-10-17-16(11-12)19(13-6-8-14(22)9-7-13)20-15-3-2-4-18(15)24-21(20)23-17/h6-9,12H,2-5,10-11H2,1H3/t12-/m1/s1. The Bertz CT molecular complexity index is 939. The van der Waals surface area contributed by atoms with Crippen LogP contribution in [0.3, 0.4) is 0 Å². The largest absolute Gasteiger partial charge is 0.242 e. The Morgan fingerprint density at radius 3 is 2.75 bits per heavy atom. The monoisotopic (exact) mass is 353 g/mol. The number of hydrogen-bond acceptors (Lipinski definition) is 2. The molecule has 3 aromatic rings. The van der Waals surface area contributed by atoms with Gasteiger partial charge < -0.3 is 0 Å². The molecule has 0 unspecified atom stereocenters. The summed E-state index contributed by atoms with van der Waals surface area (Å²) in [6.07, 6.45) is 7.28. The highest BCUT2D eigenvalue weighted by Gasteiger charge is 2.27. The molecule has 1 aromatic carbocycles. The molecule has 3 heteroatoms. The van der Waals surface area contributed by atoms with Gasteiger partial charge in [-0.25, -0.2) is 4.98 Å². The number of aryl methyl sites for hydroxylation is 3. The van der Waals surface area contributed by atoms with E-state index in [1.165, 1.54) is 58.3 Å². The smallest absolute Gasteiger partial charge is 0.124 e. The first kappa shape index (κ1) is 14.9. The van der Waals surface area contributed by atoms with E-state index in [0.717, 1.165) is 23.8 Å².